The topological polar surface area (TPSA) is 67.4 Å². The molecule has 1 aliphatic rings. The molecular formula is C19H15F3N2O3. The lowest BCUT2D eigenvalue weighted by Crippen LogP contribution is -2.34. The van der Waals surface area contributed by atoms with E-state index >= 15 is 0 Å². The van der Waals surface area contributed by atoms with Crippen LogP contribution in [0.5, 0.6) is 5.75 Å². The van der Waals surface area contributed by atoms with Crippen molar-refractivity contribution in [1.82, 2.24) is 0 Å². The van der Waals surface area contributed by atoms with E-state index in [1.165, 1.54) is 24.3 Å². The zero-order valence-electron chi connectivity index (χ0n) is 14.1. The summed E-state index contributed by atoms with van der Waals surface area (Å²) in [4.78, 5) is 23.6. The Bertz CT molecular complexity index is 923. The summed E-state index contributed by atoms with van der Waals surface area (Å²) >= 11 is 0. The van der Waals surface area contributed by atoms with Gasteiger partial charge < -0.3 is 15.4 Å². The summed E-state index contributed by atoms with van der Waals surface area (Å²) in [6, 6.07) is 9.39. The zero-order chi connectivity index (χ0) is 19.6. The molecule has 2 amide bonds. The first-order chi connectivity index (χ1) is 12.7. The standard InChI is InChI=1S/C19H15F3N2O3/c1-11-18(26)24-15-10-14(6-7-16(15)27-11)23-17(25)8-5-12-3-2-4-13(9-12)19(20,21)22/h2-11H,1H3,(H,23,25)(H,24,26)/b8-5+/t11-/m1/s1. The van der Waals surface area contributed by atoms with Gasteiger partial charge in [-0.2, -0.15) is 13.2 Å². The van der Waals surface area contributed by atoms with Crippen LogP contribution in [0.25, 0.3) is 6.08 Å². The fourth-order valence-electron chi connectivity index (χ4n) is 2.46. The minimum Gasteiger partial charge on any atom is -0.479 e. The smallest absolute Gasteiger partial charge is 0.416 e. The largest absolute Gasteiger partial charge is 0.479 e. The average molecular weight is 376 g/mol. The number of hydrogen-bond donors (Lipinski definition) is 2. The van der Waals surface area contributed by atoms with E-state index in [1.54, 1.807) is 19.1 Å². The lowest BCUT2D eigenvalue weighted by Gasteiger charge is -2.23. The fourth-order valence-corrected chi connectivity index (χ4v) is 2.46. The van der Waals surface area contributed by atoms with E-state index in [9.17, 15) is 22.8 Å². The Balaban J connectivity index is 1.69. The van der Waals surface area contributed by atoms with Crippen molar-refractivity contribution in [3.8, 4) is 5.75 Å². The summed E-state index contributed by atoms with van der Waals surface area (Å²) in [5.41, 5.74) is 0.299. The number of ether oxygens (including phenoxy) is 1. The number of hydrogen-bond acceptors (Lipinski definition) is 3. The molecule has 27 heavy (non-hydrogen) atoms. The molecule has 0 saturated carbocycles. The third-order valence-electron chi connectivity index (χ3n) is 3.82. The van der Waals surface area contributed by atoms with Crippen molar-refractivity contribution in [3.63, 3.8) is 0 Å². The number of benzene rings is 2. The van der Waals surface area contributed by atoms with Crippen LogP contribution in [0.2, 0.25) is 0 Å². The fraction of sp³-hybridized carbons (Fsp3) is 0.158. The molecule has 2 N–H and O–H groups in total. The second-order valence-electron chi connectivity index (χ2n) is 5.91. The molecule has 5 nitrogen and oxygen atoms in total. The highest BCUT2D eigenvalue weighted by Gasteiger charge is 2.30. The lowest BCUT2D eigenvalue weighted by molar-refractivity contribution is -0.137. The van der Waals surface area contributed by atoms with Crippen molar-refractivity contribution in [2.75, 3.05) is 10.6 Å². The van der Waals surface area contributed by atoms with Crippen LogP contribution in [0.4, 0.5) is 24.5 Å². The Hall–Kier alpha value is -3.29. The first kappa shape index (κ1) is 18.5. The van der Waals surface area contributed by atoms with Crippen molar-refractivity contribution in [2.24, 2.45) is 0 Å². The maximum absolute atomic E-state index is 12.7. The molecule has 1 aliphatic heterocycles. The number of rotatable bonds is 3. The minimum atomic E-state index is -4.45. The van der Waals surface area contributed by atoms with Crippen molar-refractivity contribution < 1.29 is 27.5 Å². The highest BCUT2D eigenvalue weighted by Crippen LogP contribution is 2.32. The van der Waals surface area contributed by atoms with Crippen LogP contribution in [0.1, 0.15) is 18.1 Å². The van der Waals surface area contributed by atoms with E-state index in [1.807, 2.05) is 0 Å². The summed E-state index contributed by atoms with van der Waals surface area (Å²) in [5.74, 6) is -0.334. The number of carbonyl (C=O) groups is 2. The summed E-state index contributed by atoms with van der Waals surface area (Å²) < 4.78 is 43.5. The molecule has 8 heteroatoms. The number of nitrogens with one attached hydrogen (secondary N) is 2. The first-order valence-corrected chi connectivity index (χ1v) is 8.00. The van der Waals surface area contributed by atoms with E-state index < -0.39 is 23.8 Å². The molecule has 2 aromatic carbocycles. The molecule has 2 aromatic rings. The van der Waals surface area contributed by atoms with Crippen molar-refractivity contribution in [1.29, 1.82) is 0 Å². The van der Waals surface area contributed by atoms with Gasteiger partial charge in [0.2, 0.25) is 5.91 Å². The van der Waals surface area contributed by atoms with Gasteiger partial charge in [0.05, 0.1) is 11.3 Å². The number of alkyl halides is 3. The van der Waals surface area contributed by atoms with Crippen LogP contribution < -0.4 is 15.4 Å². The van der Waals surface area contributed by atoms with Gasteiger partial charge in [0, 0.05) is 11.8 Å². The van der Waals surface area contributed by atoms with Crippen molar-refractivity contribution in [3.05, 3.63) is 59.7 Å². The van der Waals surface area contributed by atoms with Gasteiger partial charge in [0.15, 0.2) is 6.10 Å². The number of carbonyl (C=O) groups excluding carboxylic acids is 2. The van der Waals surface area contributed by atoms with Crippen LogP contribution in [-0.4, -0.2) is 17.9 Å². The maximum Gasteiger partial charge on any atom is 0.416 e. The van der Waals surface area contributed by atoms with Gasteiger partial charge in [-0.05, 0) is 48.9 Å². The molecule has 0 aromatic heterocycles. The third-order valence-corrected chi connectivity index (χ3v) is 3.82. The number of fused-ring (bicyclic) bond motifs is 1. The molecular weight excluding hydrogens is 361 g/mol. The van der Waals surface area contributed by atoms with Gasteiger partial charge in [0.1, 0.15) is 5.75 Å². The summed E-state index contributed by atoms with van der Waals surface area (Å²) in [7, 11) is 0. The normalized spacial score (nSPS) is 16.4. The van der Waals surface area contributed by atoms with Gasteiger partial charge in [-0.1, -0.05) is 12.1 Å². The van der Waals surface area contributed by atoms with Crippen molar-refractivity contribution in [2.45, 2.75) is 19.2 Å². The van der Waals surface area contributed by atoms with Gasteiger partial charge in [0.25, 0.3) is 5.91 Å². The number of amides is 2. The minimum absolute atomic E-state index is 0.250. The number of halogens is 3. The Morgan fingerprint density at radius 3 is 2.74 bits per heavy atom. The van der Waals surface area contributed by atoms with E-state index in [-0.39, 0.29) is 11.5 Å². The maximum atomic E-state index is 12.7. The first-order valence-electron chi connectivity index (χ1n) is 8.00. The summed E-state index contributed by atoms with van der Waals surface area (Å²) in [6.45, 7) is 1.62. The predicted molar refractivity (Wildman–Crippen MR) is 94.3 cm³/mol. The molecule has 0 unspecified atom stereocenters. The lowest BCUT2D eigenvalue weighted by atomic mass is 10.1. The Kier molecular flexibility index (Phi) is 4.89. The molecule has 3 rings (SSSR count). The molecule has 1 atom stereocenters. The van der Waals surface area contributed by atoms with Gasteiger partial charge >= 0.3 is 6.18 Å². The Morgan fingerprint density at radius 1 is 1.22 bits per heavy atom. The van der Waals surface area contributed by atoms with Crippen molar-refractivity contribution >= 4 is 29.3 Å². The second-order valence-corrected chi connectivity index (χ2v) is 5.91. The van der Waals surface area contributed by atoms with Crippen LogP contribution >= 0.6 is 0 Å². The zero-order valence-corrected chi connectivity index (χ0v) is 14.1. The molecule has 0 radical (unpaired) electrons. The van der Waals surface area contributed by atoms with Gasteiger partial charge in [-0.3, -0.25) is 9.59 Å². The molecule has 0 spiro atoms. The van der Waals surface area contributed by atoms with Crippen LogP contribution in [0, 0.1) is 0 Å². The molecule has 1 heterocycles. The highest BCUT2D eigenvalue weighted by atomic mass is 19.4. The van der Waals surface area contributed by atoms with Crippen LogP contribution in [0.3, 0.4) is 0 Å². The van der Waals surface area contributed by atoms with Crippen LogP contribution in [0.15, 0.2) is 48.5 Å². The van der Waals surface area contributed by atoms with Gasteiger partial charge in [-0.15, -0.1) is 0 Å². The second kappa shape index (κ2) is 7.14. The quantitative estimate of drug-likeness (QED) is 0.794. The molecule has 140 valence electrons. The predicted octanol–water partition coefficient (Wildman–Crippen LogP) is 4.08. The molecule has 0 bridgehead atoms. The van der Waals surface area contributed by atoms with E-state index in [0.29, 0.717) is 17.1 Å². The Morgan fingerprint density at radius 2 is 2.00 bits per heavy atom. The highest BCUT2D eigenvalue weighted by molar-refractivity contribution is 6.03. The molecule has 0 fully saturated rings. The number of anilines is 2. The molecule has 0 aliphatic carbocycles. The summed E-state index contributed by atoms with van der Waals surface area (Å²) in [5, 5.41) is 5.24. The van der Waals surface area contributed by atoms with E-state index in [0.717, 1.165) is 18.2 Å². The third kappa shape index (κ3) is 4.46. The van der Waals surface area contributed by atoms with Crippen LogP contribution in [-0.2, 0) is 15.8 Å². The SMILES string of the molecule is C[C@H]1Oc2ccc(NC(=O)/C=C/c3cccc(C(F)(F)F)c3)cc2NC1=O. The van der Waals surface area contributed by atoms with E-state index in [4.69, 9.17) is 4.74 Å². The van der Waals surface area contributed by atoms with Gasteiger partial charge in [-0.25, -0.2) is 0 Å². The van der Waals surface area contributed by atoms with E-state index in [2.05, 4.69) is 10.6 Å². The summed E-state index contributed by atoms with van der Waals surface area (Å²) in [6.07, 6.45) is -2.63. The average Bonchev–Trinajstić information content (AvgIpc) is 2.61. The Labute approximate surface area is 152 Å². The monoisotopic (exact) mass is 376 g/mol. The molecule has 0 saturated heterocycles.